The van der Waals surface area contributed by atoms with Crippen LogP contribution in [0.25, 0.3) is 11.3 Å². The maximum atomic E-state index is 13.2. The van der Waals surface area contributed by atoms with Gasteiger partial charge in [0.05, 0.1) is 26.9 Å². The summed E-state index contributed by atoms with van der Waals surface area (Å²) < 4.78 is 39.7. The van der Waals surface area contributed by atoms with Crippen LogP contribution in [-0.2, 0) is 12.7 Å². The highest BCUT2D eigenvalue weighted by molar-refractivity contribution is 6.33. The predicted molar refractivity (Wildman–Crippen MR) is 133 cm³/mol. The smallest absolute Gasteiger partial charge is 0.380 e. The summed E-state index contributed by atoms with van der Waals surface area (Å²) in [6.45, 7) is 0.416. The summed E-state index contributed by atoms with van der Waals surface area (Å²) in [4.78, 5) is 17.4. The van der Waals surface area contributed by atoms with E-state index in [-0.39, 0.29) is 11.3 Å². The Labute approximate surface area is 209 Å². The van der Waals surface area contributed by atoms with Crippen molar-refractivity contribution in [1.82, 2.24) is 4.98 Å². The number of pyridine rings is 1. The summed E-state index contributed by atoms with van der Waals surface area (Å²) in [7, 11) is 0. The van der Waals surface area contributed by atoms with Crippen molar-refractivity contribution in [2.45, 2.75) is 12.7 Å². The number of alkyl halides is 3. The second kappa shape index (κ2) is 10.4. The van der Waals surface area contributed by atoms with E-state index in [0.717, 1.165) is 17.7 Å². The number of amides is 1. The molecule has 178 valence electrons. The van der Waals surface area contributed by atoms with Gasteiger partial charge in [-0.3, -0.25) is 9.78 Å². The number of nitrogens with zero attached hydrogens (tertiary/aromatic N) is 1. The van der Waals surface area contributed by atoms with Gasteiger partial charge in [0.2, 0.25) is 0 Å². The van der Waals surface area contributed by atoms with Gasteiger partial charge in [0.15, 0.2) is 0 Å². The Balaban J connectivity index is 1.67. The van der Waals surface area contributed by atoms with Crippen molar-refractivity contribution in [3.8, 4) is 11.3 Å². The Kier molecular flexibility index (Phi) is 7.28. The van der Waals surface area contributed by atoms with Gasteiger partial charge in [0.1, 0.15) is 0 Å². The molecule has 2 N–H and O–H groups in total. The fourth-order valence-electron chi connectivity index (χ4n) is 3.45. The van der Waals surface area contributed by atoms with Crippen LogP contribution < -0.4 is 10.6 Å². The monoisotopic (exact) mass is 515 g/mol. The SMILES string of the molecule is O=C(Nc1ccc(Cl)c(C(F)(F)F)c1)c1ccc(-c2ncccc2Cl)cc1NCc1ccccc1. The van der Waals surface area contributed by atoms with Gasteiger partial charge < -0.3 is 10.6 Å². The number of hydrogen-bond acceptors (Lipinski definition) is 3. The van der Waals surface area contributed by atoms with E-state index in [1.165, 1.54) is 6.07 Å². The molecule has 0 unspecified atom stereocenters. The minimum atomic E-state index is -4.65. The van der Waals surface area contributed by atoms with E-state index in [2.05, 4.69) is 15.6 Å². The molecule has 0 aliphatic heterocycles. The zero-order chi connectivity index (χ0) is 25.0. The average Bonchev–Trinajstić information content (AvgIpc) is 2.84. The van der Waals surface area contributed by atoms with Crippen LogP contribution in [0.5, 0.6) is 0 Å². The fourth-order valence-corrected chi connectivity index (χ4v) is 3.90. The summed E-state index contributed by atoms with van der Waals surface area (Å²) in [6.07, 6.45) is -3.04. The summed E-state index contributed by atoms with van der Waals surface area (Å²) >= 11 is 12.0. The quantitative estimate of drug-likeness (QED) is 0.274. The normalized spacial score (nSPS) is 11.2. The Morgan fingerprint density at radius 2 is 1.66 bits per heavy atom. The van der Waals surface area contributed by atoms with E-state index in [4.69, 9.17) is 23.2 Å². The molecule has 4 aromatic rings. The number of halogens is 5. The van der Waals surface area contributed by atoms with Gasteiger partial charge in [-0.1, -0.05) is 59.6 Å². The minimum absolute atomic E-state index is 0.0300. The molecule has 0 aliphatic carbocycles. The molecule has 0 saturated carbocycles. The van der Waals surface area contributed by atoms with E-state index in [0.29, 0.717) is 28.5 Å². The molecule has 0 spiro atoms. The Morgan fingerprint density at radius 1 is 0.886 bits per heavy atom. The summed E-state index contributed by atoms with van der Waals surface area (Å²) in [5, 5.41) is 5.76. The zero-order valence-corrected chi connectivity index (χ0v) is 19.5. The van der Waals surface area contributed by atoms with Gasteiger partial charge in [-0.15, -0.1) is 0 Å². The van der Waals surface area contributed by atoms with Crippen LogP contribution in [-0.4, -0.2) is 10.9 Å². The lowest BCUT2D eigenvalue weighted by Gasteiger charge is -2.16. The Bertz CT molecular complexity index is 1360. The van der Waals surface area contributed by atoms with E-state index in [1.807, 2.05) is 30.3 Å². The van der Waals surface area contributed by atoms with Crippen LogP contribution >= 0.6 is 23.2 Å². The van der Waals surface area contributed by atoms with Gasteiger partial charge in [-0.05, 0) is 48.0 Å². The minimum Gasteiger partial charge on any atom is -0.380 e. The van der Waals surface area contributed by atoms with Crippen molar-refractivity contribution in [2.75, 3.05) is 10.6 Å². The van der Waals surface area contributed by atoms with Crippen LogP contribution in [0.2, 0.25) is 10.0 Å². The van der Waals surface area contributed by atoms with Crippen molar-refractivity contribution in [3.63, 3.8) is 0 Å². The highest BCUT2D eigenvalue weighted by atomic mass is 35.5. The first kappa shape index (κ1) is 24.6. The zero-order valence-electron chi connectivity index (χ0n) is 18.0. The molecule has 4 rings (SSSR count). The van der Waals surface area contributed by atoms with E-state index in [1.54, 1.807) is 36.5 Å². The average molecular weight is 516 g/mol. The molecule has 0 saturated heterocycles. The topological polar surface area (TPSA) is 54.0 Å². The van der Waals surface area contributed by atoms with Crippen LogP contribution in [0.4, 0.5) is 24.5 Å². The highest BCUT2D eigenvalue weighted by Crippen LogP contribution is 2.36. The van der Waals surface area contributed by atoms with Crippen molar-refractivity contribution in [2.24, 2.45) is 0 Å². The van der Waals surface area contributed by atoms with Crippen LogP contribution in [0, 0.1) is 0 Å². The number of anilines is 2. The second-order valence-electron chi connectivity index (χ2n) is 7.58. The lowest BCUT2D eigenvalue weighted by Crippen LogP contribution is -2.16. The highest BCUT2D eigenvalue weighted by Gasteiger charge is 2.33. The lowest BCUT2D eigenvalue weighted by molar-refractivity contribution is -0.137. The van der Waals surface area contributed by atoms with Gasteiger partial charge in [-0.25, -0.2) is 0 Å². The van der Waals surface area contributed by atoms with Gasteiger partial charge in [0, 0.05) is 29.7 Å². The van der Waals surface area contributed by atoms with Gasteiger partial charge in [-0.2, -0.15) is 13.2 Å². The first-order chi connectivity index (χ1) is 16.7. The summed E-state index contributed by atoms with van der Waals surface area (Å²) in [5.41, 5.74) is 1.84. The number of nitrogens with one attached hydrogen (secondary N) is 2. The molecule has 1 amide bonds. The first-order valence-corrected chi connectivity index (χ1v) is 11.2. The van der Waals surface area contributed by atoms with Crippen molar-refractivity contribution in [3.05, 3.63) is 112 Å². The molecular weight excluding hydrogens is 498 g/mol. The third-order valence-electron chi connectivity index (χ3n) is 5.15. The Morgan fingerprint density at radius 3 is 2.37 bits per heavy atom. The van der Waals surface area contributed by atoms with Gasteiger partial charge >= 0.3 is 6.18 Å². The van der Waals surface area contributed by atoms with E-state index in [9.17, 15) is 18.0 Å². The third-order valence-corrected chi connectivity index (χ3v) is 5.79. The molecule has 0 bridgehead atoms. The van der Waals surface area contributed by atoms with E-state index < -0.39 is 22.7 Å². The predicted octanol–water partition coefficient (Wildman–Crippen LogP) is 7.94. The van der Waals surface area contributed by atoms with Crippen LogP contribution in [0.1, 0.15) is 21.5 Å². The molecular formula is C26H18Cl2F3N3O. The van der Waals surface area contributed by atoms with Crippen molar-refractivity contribution >= 4 is 40.5 Å². The molecule has 1 aromatic heterocycles. The largest absolute Gasteiger partial charge is 0.417 e. The Hall–Kier alpha value is -3.55. The number of hydrogen-bond donors (Lipinski definition) is 2. The molecule has 9 heteroatoms. The number of rotatable bonds is 6. The molecule has 0 aliphatic rings. The van der Waals surface area contributed by atoms with Crippen molar-refractivity contribution in [1.29, 1.82) is 0 Å². The standard InChI is InChI=1S/C26H18Cl2F3N3O/c27-21-11-9-18(14-20(21)26(29,30)31)34-25(35)19-10-8-17(24-22(28)7-4-12-32-24)13-23(19)33-15-16-5-2-1-3-6-16/h1-14,33H,15H2,(H,34,35). The molecule has 4 nitrogen and oxygen atoms in total. The van der Waals surface area contributed by atoms with E-state index >= 15 is 0 Å². The van der Waals surface area contributed by atoms with Crippen LogP contribution in [0.15, 0.2) is 85.1 Å². The molecule has 35 heavy (non-hydrogen) atoms. The maximum absolute atomic E-state index is 13.2. The van der Waals surface area contributed by atoms with Crippen molar-refractivity contribution < 1.29 is 18.0 Å². The molecule has 1 heterocycles. The number of carbonyl (C=O) groups is 1. The molecule has 0 atom stereocenters. The molecule has 0 radical (unpaired) electrons. The van der Waals surface area contributed by atoms with Crippen LogP contribution in [0.3, 0.4) is 0 Å². The third kappa shape index (κ3) is 5.93. The summed E-state index contributed by atoms with van der Waals surface area (Å²) in [6, 6.07) is 21.2. The molecule has 3 aromatic carbocycles. The fraction of sp³-hybridized carbons (Fsp3) is 0.0769. The number of benzene rings is 3. The first-order valence-electron chi connectivity index (χ1n) is 10.4. The summed E-state index contributed by atoms with van der Waals surface area (Å²) in [5.74, 6) is -0.588. The number of aromatic nitrogens is 1. The van der Waals surface area contributed by atoms with Gasteiger partial charge in [0.25, 0.3) is 5.91 Å². The lowest BCUT2D eigenvalue weighted by atomic mass is 10.0. The molecule has 0 fully saturated rings. The number of carbonyl (C=O) groups excluding carboxylic acids is 1. The maximum Gasteiger partial charge on any atom is 0.417 e. The second-order valence-corrected chi connectivity index (χ2v) is 8.39.